The van der Waals surface area contributed by atoms with Crippen molar-refractivity contribution in [3.05, 3.63) is 48.4 Å². The molecule has 1 fully saturated rings. The van der Waals surface area contributed by atoms with E-state index < -0.39 is 27.7 Å². The maximum absolute atomic E-state index is 12.7. The van der Waals surface area contributed by atoms with E-state index in [4.69, 9.17) is 4.42 Å². The van der Waals surface area contributed by atoms with Gasteiger partial charge in [-0.25, -0.2) is 8.42 Å². The Morgan fingerprint density at radius 3 is 2.59 bits per heavy atom. The Morgan fingerprint density at radius 1 is 1.19 bits per heavy atom. The second-order valence-corrected chi connectivity index (χ2v) is 8.90. The molecule has 1 aromatic carbocycles. The number of nitrogens with one attached hydrogen (secondary N) is 2. The molecule has 1 heterocycles. The molecule has 8 heteroatoms. The van der Waals surface area contributed by atoms with Crippen molar-refractivity contribution in [1.29, 1.82) is 0 Å². The Morgan fingerprint density at radius 2 is 1.93 bits per heavy atom. The van der Waals surface area contributed by atoms with Crippen molar-refractivity contribution < 1.29 is 22.4 Å². The molecule has 1 unspecified atom stereocenters. The molecule has 2 aromatic rings. The fourth-order valence-electron chi connectivity index (χ4n) is 3.13. The molecule has 1 saturated carbocycles. The quantitative estimate of drug-likeness (QED) is 0.789. The molecule has 0 bridgehead atoms. The average Bonchev–Trinajstić information content (AvgIpc) is 3.35. The predicted molar refractivity (Wildman–Crippen MR) is 100 cm³/mol. The molecule has 7 nitrogen and oxygen atoms in total. The molecule has 0 aliphatic heterocycles. The first kappa shape index (κ1) is 19.2. The fourth-order valence-corrected chi connectivity index (χ4v) is 5.03. The van der Waals surface area contributed by atoms with Crippen LogP contribution in [0.5, 0.6) is 0 Å². The molecule has 1 aromatic heterocycles. The van der Waals surface area contributed by atoms with Gasteiger partial charge in [-0.15, -0.1) is 0 Å². The first-order valence-electron chi connectivity index (χ1n) is 8.86. The van der Waals surface area contributed by atoms with Gasteiger partial charge < -0.3 is 15.1 Å². The van der Waals surface area contributed by atoms with Gasteiger partial charge in [-0.1, -0.05) is 18.9 Å². The Hall–Kier alpha value is -2.61. The molecule has 1 aliphatic carbocycles. The fraction of sp³-hybridized carbons (Fsp3) is 0.368. The van der Waals surface area contributed by atoms with Crippen LogP contribution in [0.2, 0.25) is 0 Å². The number of hydrogen-bond donors (Lipinski definition) is 2. The molecule has 0 spiro atoms. The van der Waals surface area contributed by atoms with Crippen LogP contribution < -0.4 is 10.6 Å². The van der Waals surface area contributed by atoms with Gasteiger partial charge in [-0.2, -0.15) is 0 Å². The zero-order valence-electron chi connectivity index (χ0n) is 15.0. The maximum atomic E-state index is 12.7. The average molecular weight is 390 g/mol. The summed E-state index contributed by atoms with van der Waals surface area (Å²) in [5.74, 6) is -0.869. The van der Waals surface area contributed by atoms with E-state index in [1.165, 1.54) is 24.7 Å². The Labute approximate surface area is 158 Å². The molecule has 1 aliphatic rings. The van der Waals surface area contributed by atoms with E-state index >= 15 is 0 Å². The van der Waals surface area contributed by atoms with Crippen molar-refractivity contribution in [3.8, 4) is 0 Å². The Balaban J connectivity index is 1.66. The van der Waals surface area contributed by atoms with Crippen LogP contribution in [0, 0.1) is 0 Å². The summed E-state index contributed by atoms with van der Waals surface area (Å²) in [5.41, 5.74) is 0.697. The van der Waals surface area contributed by atoms with Gasteiger partial charge in [0.25, 0.3) is 5.91 Å². The van der Waals surface area contributed by atoms with Gasteiger partial charge >= 0.3 is 0 Å². The summed E-state index contributed by atoms with van der Waals surface area (Å²) >= 11 is 0. The summed E-state index contributed by atoms with van der Waals surface area (Å²) in [4.78, 5) is 24.5. The number of anilines is 1. The molecule has 2 N–H and O–H groups in total. The Bertz CT molecular complexity index is 915. The van der Waals surface area contributed by atoms with Crippen molar-refractivity contribution in [2.45, 2.75) is 48.8 Å². The van der Waals surface area contributed by atoms with E-state index in [9.17, 15) is 18.0 Å². The van der Waals surface area contributed by atoms with Crippen molar-refractivity contribution in [3.63, 3.8) is 0 Å². The number of carbonyl (C=O) groups excluding carboxylic acids is 2. The smallest absolute Gasteiger partial charge is 0.255 e. The van der Waals surface area contributed by atoms with Crippen LogP contribution in [0.1, 0.15) is 43.0 Å². The molecule has 2 amide bonds. The lowest BCUT2D eigenvalue weighted by molar-refractivity contribution is -0.117. The van der Waals surface area contributed by atoms with Crippen molar-refractivity contribution in [2.24, 2.45) is 0 Å². The van der Waals surface area contributed by atoms with E-state index in [1.807, 2.05) is 0 Å². The van der Waals surface area contributed by atoms with Crippen LogP contribution in [0.15, 0.2) is 52.2 Å². The summed E-state index contributed by atoms with van der Waals surface area (Å²) in [5, 5.41) is 4.87. The zero-order valence-corrected chi connectivity index (χ0v) is 15.8. The summed E-state index contributed by atoms with van der Waals surface area (Å²) < 4.78 is 30.3. The van der Waals surface area contributed by atoms with Gasteiger partial charge in [-0.05, 0) is 44.0 Å². The number of furan rings is 1. The predicted octanol–water partition coefficient (Wildman–Crippen LogP) is 2.75. The summed E-state index contributed by atoms with van der Waals surface area (Å²) in [6, 6.07) is 6.94. The van der Waals surface area contributed by atoms with E-state index in [-0.39, 0.29) is 10.1 Å². The van der Waals surface area contributed by atoms with Gasteiger partial charge in [0.1, 0.15) is 12.3 Å². The van der Waals surface area contributed by atoms with Crippen LogP contribution in [0.3, 0.4) is 0 Å². The van der Waals surface area contributed by atoms with Gasteiger partial charge in [0.05, 0.1) is 22.0 Å². The maximum Gasteiger partial charge on any atom is 0.255 e. The lowest BCUT2D eigenvalue weighted by atomic mass is 10.2. The van der Waals surface area contributed by atoms with Crippen LogP contribution in [-0.2, 0) is 14.6 Å². The van der Waals surface area contributed by atoms with Crippen molar-refractivity contribution in [1.82, 2.24) is 5.32 Å². The van der Waals surface area contributed by atoms with Gasteiger partial charge in [0, 0.05) is 5.69 Å². The molecule has 0 radical (unpaired) electrons. The lowest BCUT2D eigenvalue weighted by Gasteiger charge is -2.15. The van der Waals surface area contributed by atoms with Crippen LogP contribution in [0.25, 0.3) is 0 Å². The van der Waals surface area contributed by atoms with Crippen LogP contribution in [0.4, 0.5) is 5.69 Å². The highest BCUT2D eigenvalue weighted by molar-refractivity contribution is 7.92. The summed E-state index contributed by atoms with van der Waals surface area (Å²) in [7, 11) is -3.40. The number of rotatable bonds is 6. The van der Waals surface area contributed by atoms with Gasteiger partial charge in [-0.3, -0.25) is 9.59 Å². The van der Waals surface area contributed by atoms with E-state index in [0.717, 1.165) is 12.8 Å². The third-order valence-electron chi connectivity index (χ3n) is 4.70. The molecule has 144 valence electrons. The monoisotopic (exact) mass is 390 g/mol. The van der Waals surface area contributed by atoms with E-state index in [1.54, 1.807) is 25.1 Å². The second kappa shape index (κ2) is 7.96. The third-order valence-corrected chi connectivity index (χ3v) is 6.96. The largest absolute Gasteiger partial charge is 0.472 e. The third kappa shape index (κ3) is 4.39. The highest BCUT2D eigenvalue weighted by Gasteiger charge is 2.30. The Kier molecular flexibility index (Phi) is 5.65. The highest BCUT2D eigenvalue weighted by atomic mass is 32.2. The van der Waals surface area contributed by atoms with Crippen LogP contribution >= 0.6 is 0 Å². The first-order chi connectivity index (χ1) is 12.9. The second-order valence-electron chi connectivity index (χ2n) is 6.68. The minimum atomic E-state index is -3.40. The zero-order chi connectivity index (χ0) is 19.4. The summed E-state index contributed by atoms with van der Waals surface area (Å²) in [6.07, 6.45) is 5.86. The number of carbonyl (C=O) groups is 2. The van der Waals surface area contributed by atoms with Gasteiger partial charge in [0.2, 0.25) is 5.91 Å². The number of hydrogen-bond acceptors (Lipinski definition) is 5. The molecule has 1 atom stereocenters. The van der Waals surface area contributed by atoms with Crippen molar-refractivity contribution >= 4 is 27.3 Å². The molecule has 3 rings (SSSR count). The molecular weight excluding hydrogens is 368 g/mol. The summed E-state index contributed by atoms with van der Waals surface area (Å²) in [6.45, 7) is 1.55. The standard InChI is InChI=1S/C19H22N2O5S/c1-13(20-19(23)14-9-10-26-12-14)18(22)21-15-5-4-8-17(11-15)27(24,25)16-6-2-3-7-16/h4-5,8-13,16H,2-3,6-7H2,1H3,(H,20,23)(H,21,22). The number of sulfone groups is 1. The topological polar surface area (TPSA) is 105 Å². The minimum absolute atomic E-state index is 0.210. The van der Waals surface area contributed by atoms with E-state index in [2.05, 4.69) is 10.6 Å². The SMILES string of the molecule is CC(NC(=O)c1ccoc1)C(=O)Nc1cccc(S(=O)(=O)C2CCCC2)c1. The lowest BCUT2D eigenvalue weighted by Crippen LogP contribution is -2.41. The normalized spacial score (nSPS) is 16.0. The minimum Gasteiger partial charge on any atom is -0.472 e. The van der Waals surface area contributed by atoms with E-state index in [0.29, 0.717) is 24.1 Å². The first-order valence-corrected chi connectivity index (χ1v) is 10.4. The number of amides is 2. The van der Waals surface area contributed by atoms with Crippen molar-refractivity contribution in [2.75, 3.05) is 5.32 Å². The molecule has 0 saturated heterocycles. The van der Waals surface area contributed by atoms with Gasteiger partial charge in [0.15, 0.2) is 9.84 Å². The molecule has 27 heavy (non-hydrogen) atoms. The van der Waals surface area contributed by atoms with Crippen LogP contribution in [-0.4, -0.2) is 31.5 Å². The highest BCUT2D eigenvalue weighted by Crippen LogP contribution is 2.30. The molecular formula is C19H22N2O5S. The number of benzene rings is 1.